The molecule has 10 rings (SSSR count). The molecule has 224 valence electrons. The van der Waals surface area contributed by atoms with Crippen LogP contribution >= 0.6 is 0 Å². The Kier molecular flexibility index (Phi) is 5.79. The normalized spacial score (nSPS) is 13.2. The summed E-state index contributed by atoms with van der Waals surface area (Å²) in [6.07, 6.45) is 0. The molecule has 0 saturated carbocycles. The van der Waals surface area contributed by atoms with Gasteiger partial charge in [0, 0.05) is 27.3 Å². The smallest absolute Gasteiger partial charge is 0.160 e. The zero-order valence-electron chi connectivity index (χ0n) is 26.0. The summed E-state index contributed by atoms with van der Waals surface area (Å²) in [5.74, 6) is 0.715. The monoisotopic (exact) mass is 612 g/mol. The van der Waals surface area contributed by atoms with Gasteiger partial charge in [-0.1, -0.05) is 146 Å². The highest BCUT2D eigenvalue weighted by atomic mass is 16.3. The molecule has 7 aromatic carbocycles. The molecule has 0 atom stereocenters. The maximum absolute atomic E-state index is 6.27. The van der Waals surface area contributed by atoms with Crippen molar-refractivity contribution in [2.24, 2.45) is 0 Å². The van der Waals surface area contributed by atoms with E-state index in [-0.39, 0.29) is 0 Å². The van der Waals surface area contributed by atoms with E-state index in [1.165, 1.54) is 33.4 Å². The highest BCUT2D eigenvalue weighted by Gasteiger charge is 2.46. The van der Waals surface area contributed by atoms with Crippen LogP contribution in [0.25, 0.3) is 66.6 Å². The van der Waals surface area contributed by atoms with Crippen LogP contribution in [0.4, 0.5) is 0 Å². The van der Waals surface area contributed by atoms with E-state index < -0.39 is 5.41 Å². The van der Waals surface area contributed by atoms with Crippen LogP contribution in [0.15, 0.2) is 174 Å². The summed E-state index contributed by atoms with van der Waals surface area (Å²) in [7, 11) is 0. The number of para-hydroxylation sites is 2. The number of nitrogens with zero attached hydrogens (tertiary/aromatic N) is 2. The number of aromatic nitrogens is 2. The van der Waals surface area contributed by atoms with Crippen LogP contribution in [0.2, 0.25) is 0 Å². The van der Waals surface area contributed by atoms with E-state index in [2.05, 4.69) is 140 Å². The second-order valence-electron chi connectivity index (χ2n) is 12.5. The Morgan fingerprint density at radius 2 is 1.02 bits per heavy atom. The molecule has 1 aliphatic carbocycles. The number of furan rings is 1. The van der Waals surface area contributed by atoms with Crippen molar-refractivity contribution in [2.75, 3.05) is 0 Å². The quantitative estimate of drug-likeness (QED) is 0.198. The molecule has 0 fully saturated rings. The average Bonchev–Trinajstić information content (AvgIpc) is 3.68. The minimum Gasteiger partial charge on any atom is -0.456 e. The van der Waals surface area contributed by atoms with E-state index in [0.29, 0.717) is 5.82 Å². The maximum Gasteiger partial charge on any atom is 0.160 e. The second kappa shape index (κ2) is 10.3. The van der Waals surface area contributed by atoms with E-state index in [1.54, 1.807) is 0 Å². The van der Waals surface area contributed by atoms with Crippen LogP contribution in [0.5, 0.6) is 0 Å². The molecule has 1 aliphatic rings. The first-order valence-electron chi connectivity index (χ1n) is 16.3. The number of rotatable bonds is 4. The average molecular weight is 613 g/mol. The van der Waals surface area contributed by atoms with Crippen molar-refractivity contribution in [3.63, 3.8) is 0 Å². The predicted octanol–water partition coefficient (Wildman–Crippen LogP) is 11.2. The van der Waals surface area contributed by atoms with Gasteiger partial charge in [0.05, 0.1) is 16.6 Å². The standard InChI is InChI=1S/C45H28N2O/c1-2-12-29(13-3-1)43-36-17-6-10-20-40(36)46-44(47-43)30-22-24-31(25-23-30)45(38-18-8-4-14-33(38)34-15-5-9-19-39(34)45)32-26-27-42-37(28-32)35-16-7-11-21-41(35)48-42/h1-28H. The zero-order valence-corrected chi connectivity index (χ0v) is 26.0. The third-order valence-corrected chi connectivity index (χ3v) is 9.99. The largest absolute Gasteiger partial charge is 0.456 e. The van der Waals surface area contributed by atoms with Crippen molar-refractivity contribution in [1.82, 2.24) is 9.97 Å². The Balaban J connectivity index is 1.21. The molecule has 0 amide bonds. The van der Waals surface area contributed by atoms with Gasteiger partial charge in [-0.3, -0.25) is 0 Å². The van der Waals surface area contributed by atoms with Crippen molar-refractivity contribution >= 4 is 32.8 Å². The molecule has 9 aromatic rings. The highest BCUT2D eigenvalue weighted by Crippen LogP contribution is 2.56. The third kappa shape index (κ3) is 3.82. The summed E-state index contributed by atoms with van der Waals surface area (Å²) in [6.45, 7) is 0. The maximum atomic E-state index is 6.27. The van der Waals surface area contributed by atoms with Crippen molar-refractivity contribution in [1.29, 1.82) is 0 Å². The number of hydrogen-bond acceptors (Lipinski definition) is 3. The molecule has 0 spiro atoms. The molecule has 0 bridgehead atoms. The molecule has 48 heavy (non-hydrogen) atoms. The van der Waals surface area contributed by atoms with Gasteiger partial charge >= 0.3 is 0 Å². The number of fused-ring (bicyclic) bond motifs is 7. The molecule has 0 radical (unpaired) electrons. The highest BCUT2D eigenvalue weighted by molar-refractivity contribution is 6.05. The van der Waals surface area contributed by atoms with Crippen molar-refractivity contribution in [2.45, 2.75) is 5.41 Å². The van der Waals surface area contributed by atoms with Crippen LogP contribution in [0.1, 0.15) is 22.3 Å². The molecule has 3 heteroatoms. The molecular formula is C45H28N2O. The van der Waals surface area contributed by atoms with E-state index in [9.17, 15) is 0 Å². The summed E-state index contributed by atoms with van der Waals surface area (Å²) in [5, 5.41) is 3.30. The van der Waals surface area contributed by atoms with Crippen LogP contribution < -0.4 is 0 Å². The molecule has 0 N–H and O–H groups in total. The number of hydrogen-bond donors (Lipinski definition) is 0. The van der Waals surface area contributed by atoms with E-state index >= 15 is 0 Å². The Hall–Kier alpha value is -6.32. The SMILES string of the molecule is c1ccc(-c2nc(-c3ccc(C4(c5ccc6oc7ccccc7c6c5)c5ccccc5-c5ccccc54)cc3)nc3ccccc23)cc1. The fourth-order valence-corrected chi connectivity index (χ4v) is 7.87. The third-order valence-electron chi connectivity index (χ3n) is 9.99. The minimum atomic E-state index is -0.530. The molecule has 0 saturated heterocycles. The Morgan fingerprint density at radius 3 is 1.79 bits per heavy atom. The lowest BCUT2D eigenvalue weighted by molar-refractivity contribution is 0.668. The van der Waals surface area contributed by atoms with Gasteiger partial charge in [0.1, 0.15) is 11.2 Å². The summed E-state index contributed by atoms with van der Waals surface area (Å²) in [5.41, 5.74) is 12.7. The van der Waals surface area contributed by atoms with Gasteiger partial charge in [-0.2, -0.15) is 0 Å². The first-order valence-corrected chi connectivity index (χ1v) is 16.3. The van der Waals surface area contributed by atoms with E-state index in [1.807, 2.05) is 30.3 Å². The van der Waals surface area contributed by atoms with Gasteiger partial charge < -0.3 is 4.42 Å². The van der Waals surface area contributed by atoms with Crippen LogP contribution in [0, 0.1) is 0 Å². The lowest BCUT2D eigenvalue weighted by Gasteiger charge is -2.34. The second-order valence-corrected chi connectivity index (χ2v) is 12.5. The number of benzene rings is 7. The van der Waals surface area contributed by atoms with E-state index in [4.69, 9.17) is 14.4 Å². The topological polar surface area (TPSA) is 38.9 Å². The van der Waals surface area contributed by atoms with E-state index in [0.717, 1.165) is 49.7 Å². The fraction of sp³-hybridized carbons (Fsp3) is 0.0222. The molecule has 3 nitrogen and oxygen atoms in total. The molecule has 0 unspecified atom stereocenters. The van der Waals surface area contributed by atoms with Crippen molar-refractivity contribution < 1.29 is 4.42 Å². The van der Waals surface area contributed by atoms with Crippen LogP contribution in [-0.2, 0) is 5.41 Å². The van der Waals surface area contributed by atoms with Gasteiger partial charge in [-0.05, 0) is 57.6 Å². The van der Waals surface area contributed by atoms with Gasteiger partial charge in [-0.15, -0.1) is 0 Å². The molecule has 2 aromatic heterocycles. The van der Waals surface area contributed by atoms with Gasteiger partial charge in [0.25, 0.3) is 0 Å². The van der Waals surface area contributed by atoms with Crippen molar-refractivity contribution in [3.05, 3.63) is 192 Å². The lowest BCUT2D eigenvalue weighted by Crippen LogP contribution is -2.28. The first-order chi connectivity index (χ1) is 23.8. The van der Waals surface area contributed by atoms with Gasteiger partial charge in [0.2, 0.25) is 0 Å². The summed E-state index contributed by atoms with van der Waals surface area (Å²) in [4.78, 5) is 10.2. The van der Waals surface area contributed by atoms with Crippen LogP contribution in [-0.4, -0.2) is 9.97 Å². The summed E-state index contributed by atoms with van der Waals surface area (Å²) in [6, 6.07) is 60.3. The predicted molar refractivity (Wildman–Crippen MR) is 195 cm³/mol. The van der Waals surface area contributed by atoms with Crippen LogP contribution in [0.3, 0.4) is 0 Å². The van der Waals surface area contributed by atoms with Crippen molar-refractivity contribution in [3.8, 4) is 33.8 Å². The Morgan fingerprint density at radius 1 is 0.417 bits per heavy atom. The minimum absolute atomic E-state index is 0.530. The Bertz CT molecular complexity index is 2630. The molecular weight excluding hydrogens is 585 g/mol. The summed E-state index contributed by atoms with van der Waals surface area (Å²) < 4.78 is 6.27. The zero-order chi connectivity index (χ0) is 31.7. The Labute approximate surface area is 277 Å². The molecule has 0 aliphatic heterocycles. The van der Waals surface area contributed by atoms with Gasteiger partial charge in [0.15, 0.2) is 5.82 Å². The first kappa shape index (κ1) is 26.9. The fourth-order valence-electron chi connectivity index (χ4n) is 7.87. The summed E-state index contributed by atoms with van der Waals surface area (Å²) >= 11 is 0. The van der Waals surface area contributed by atoms with Gasteiger partial charge in [-0.25, -0.2) is 9.97 Å². The molecule has 2 heterocycles. The lowest BCUT2D eigenvalue weighted by atomic mass is 9.67.